The van der Waals surface area contributed by atoms with Gasteiger partial charge in [0, 0.05) is 0 Å². The van der Waals surface area contributed by atoms with Gasteiger partial charge in [0.15, 0.2) is 6.29 Å². The van der Waals surface area contributed by atoms with Crippen molar-refractivity contribution in [2.45, 2.75) is 236 Å². The molecule has 0 aromatic rings. The van der Waals surface area contributed by atoms with Crippen LogP contribution in [0, 0.1) is 0 Å². The van der Waals surface area contributed by atoms with Crippen molar-refractivity contribution in [3.8, 4) is 0 Å². The molecule has 0 aromatic heterocycles. The molecule has 0 spiro atoms. The molecular weight excluding hydrogens is 791 g/mol. The number of hydrogen-bond acceptors (Lipinski definition) is 11. The summed E-state index contributed by atoms with van der Waals surface area (Å²) in [6.45, 7) is 3.14. The Bertz CT molecular complexity index is 1230. The largest absolute Gasteiger partial charge is 0.397 e. The molecule has 14 heteroatoms. The number of rotatable bonds is 39. The van der Waals surface area contributed by atoms with Crippen molar-refractivity contribution in [2.75, 3.05) is 13.2 Å². The fourth-order valence-electron chi connectivity index (χ4n) is 7.24. The molecule has 1 aliphatic heterocycles. The van der Waals surface area contributed by atoms with Crippen LogP contribution in [0.15, 0.2) is 36.5 Å². The lowest BCUT2D eigenvalue weighted by atomic mass is 9.99. The van der Waals surface area contributed by atoms with Gasteiger partial charge in [-0.25, -0.2) is 4.18 Å². The number of carbonyl (C=O) groups is 1. The molecule has 352 valence electrons. The molecule has 1 amide bonds. The van der Waals surface area contributed by atoms with E-state index in [1.807, 2.05) is 0 Å². The molecule has 1 heterocycles. The predicted molar refractivity (Wildman–Crippen MR) is 238 cm³/mol. The van der Waals surface area contributed by atoms with Crippen molar-refractivity contribution in [1.82, 2.24) is 5.32 Å². The van der Waals surface area contributed by atoms with Gasteiger partial charge in [-0.1, -0.05) is 185 Å². The molecule has 0 aliphatic carbocycles. The third kappa shape index (κ3) is 28.8. The number of allylic oxidation sites excluding steroid dienone is 5. The second-order valence-corrected chi connectivity index (χ2v) is 17.5. The summed E-state index contributed by atoms with van der Waals surface area (Å²) in [5.74, 6) is -0.716. The number of nitrogens with one attached hydrogen (secondary N) is 1. The molecule has 0 radical (unpaired) electrons. The first-order chi connectivity index (χ1) is 28.9. The van der Waals surface area contributed by atoms with Crippen LogP contribution >= 0.6 is 0 Å². The average molecular weight is 876 g/mol. The maximum atomic E-state index is 13.1. The highest BCUT2D eigenvalue weighted by molar-refractivity contribution is 7.80. The summed E-state index contributed by atoms with van der Waals surface area (Å²) < 4.78 is 47.4. The van der Waals surface area contributed by atoms with Gasteiger partial charge in [-0.15, -0.1) is 0 Å². The molecule has 0 saturated carbocycles. The van der Waals surface area contributed by atoms with E-state index < -0.39 is 78.5 Å². The topological polar surface area (TPSA) is 212 Å². The van der Waals surface area contributed by atoms with Gasteiger partial charge in [0.1, 0.15) is 30.5 Å². The lowest BCUT2D eigenvalue weighted by Crippen LogP contribution is -2.61. The van der Waals surface area contributed by atoms with E-state index in [9.17, 15) is 38.7 Å². The molecule has 60 heavy (non-hydrogen) atoms. The zero-order valence-corrected chi connectivity index (χ0v) is 37.9. The Morgan fingerprint density at radius 3 is 1.58 bits per heavy atom. The lowest BCUT2D eigenvalue weighted by molar-refractivity contribution is -0.298. The Morgan fingerprint density at radius 1 is 0.667 bits per heavy atom. The number of hydrogen-bond donors (Lipinski definition) is 7. The summed E-state index contributed by atoms with van der Waals surface area (Å²) in [4.78, 5) is 13.1. The lowest BCUT2D eigenvalue weighted by Gasteiger charge is -2.41. The zero-order valence-electron chi connectivity index (χ0n) is 37.1. The van der Waals surface area contributed by atoms with Crippen LogP contribution in [0.3, 0.4) is 0 Å². The predicted octanol–water partition coefficient (Wildman–Crippen LogP) is 8.08. The fourth-order valence-corrected chi connectivity index (χ4v) is 7.75. The minimum absolute atomic E-state index is 0.236. The van der Waals surface area contributed by atoms with Crippen molar-refractivity contribution < 1.29 is 57.0 Å². The van der Waals surface area contributed by atoms with Gasteiger partial charge in [0.25, 0.3) is 0 Å². The Balaban J connectivity index is 2.55. The monoisotopic (exact) mass is 876 g/mol. The quantitative estimate of drug-likeness (QED) is 0.0178. The molecular formula is C46H85NO12S. The van der Waals surface area contributed by atoms with Crippen molar-refractivity contribution in [1.29, 1.82) is 0 Å². The van der Waals surface area contributed by atoms with E-state index in [0.29, 0.717) is 12.8 Å². The molecule has 0 aromatic carbocycles. The second kappa shape index (κ2) is 36.7. The summed E-state index contributed by atoms with van der Waals surface area (Å²) in [6.07, 6.45) is 31.0. The second-order valence-electron chi connectivity index (χ2n) is 16.5. The zero-order chi connectivity index (χ0) is 44.3. The Kier molecular flexibility index (Phi) is 34.5. The summed E-state index contributed by atoms with van der Waals surface area (Å²) in [7, 11) is -5.12. The van der Waals surface area contributed by atoms with E-state index >= 15 is 0 Å². The molecule has 8 unspecified atom stereocenters. The van der Waals surface area contributed by atoms with Gasteiger partial charge < -0.3 is 40.3 Å². The molecule has 1 saturated heterocycles. The maximum absolute atomic E-state index is 13.1. The van der Waals surface area contributed by atoms with Gasteiger partial charge in [-0.2, -0.15) is 8.42 Å². The first kappa shape index (κ1) is 56.3. The SMILES string of the molecule is CCCC/C=C/CC/C=C/CC/C=C/C(O)C(COC1OC(CO)C(O)C(OS(=O)(=O)O)C1O)NC(=O)C(O)CCCCCCCCCCCCCCCCCCCCC. The van der Waals surface area contributed by atoms with Gasteiger partial charge in [-0.3, -0.25) is 9.35 Å². The Hall–Kier alpha value is -1.72. The van der Waals surface area contributed by atoms with Crippen molar-refractivity contribution in [3.05, 3.63) is 36.5 Å². The molecule has 1 rings (SSSR count). The van der Waals surface area contributed by atoms with Gasteiger partial charge >= 0.3 is 10.4 Å². The van der Waals surface area contributed by atoms with E-state index in [-0.39, 0.29) is 6.42 Å². The van der Waals surface area contributed by atoms with E-state index in [2.05, 4.69) is 47.7 Å². The van der Waals surface area contributed by atoms with Gasteiger partial charge in [0.2, 0.25) is 5.91 Å². The minimum Gasteiger partial charge on any atom is -0.394 e. The Labute approximate surface area is 363 Å². The molecule has 7 N–H and O–H groups in total. The van der Waals surface area contributed by atoms with Crippen molar-refractivity contribution in [3.63, 3.8) is 0 Å². The number of unbranched alkanes of at least 4 members (excludes halogenated alkanes) is 22. The van der Waals surface area contributed by atoms with Gasteiger partial charge in [0.05, 0.1) is 25.4 Å². The highest BCUT2D eigenvalue weighted by atomic mass is 32.3. The molecule has 13 nitrogen and oxygen atoms in total. The number of aliphatic hydroxyl groups is 5. The summed E-state index contributed by atoms with van der Waals surface area (Å²) in [5.41, 5.74) is 0. The van der Waals surface area contributed by atoms with E-state index in [1.54, 1.807) is 6.08 Å². The third-order valence-electron chi connectivity index (χ3n) is 11.0. The summed E-state index contributed by atoms with van der Waals surface area (Å²) in [6, 6.07) is -1.14. The van der Waals surface area contributed by atoms with Crippen LogP contribution in [0.2, 0.25) is 0 Å². The third-order valence-corrected chi connectivity index (χ3v) is 11.5. The number of ether oxygens (including phenoxy) is 2. The van der Waals surface area contributed by atoms with Crippen LogP contribution in [-0.4, -0.2) is 107 Å². The number of carbonyl (C=O) groups excluding carboxylic acids is 1. The molecule has 1 aliphatic rings. The number of amides is 1. The summed E-state index contributed by atoms with van der Waals surface area (Å²) in [5, 5.41) is 55.1. The van der Waals surface area contributed by atoms with Crippen LogP contribution in [0.5, 0.6) is 0 Å². The Morgan fingerprint density at radius 2 is 1.12 bits per heavy atom. The maximum Gasteiger partial charge on any atom is 0.397 e. The molecule has 8 atom stereocenters. The van der Waals surface area contributed by atoms with Crippen LogP contribution in [0.4, 0.5) is 0 Å². The van der Waals surface area contributed by atoms with Crippen LogP contribution in [-0.2, 0) is 28.9 Å². The van der Waals surface area contributed by atoms with Crippen molar-refractivity contribution >= 4 is 16.3 Å². The van der Waals surface area contributed by atoms with Gasteiger partial charge in [-0.05, 0) is 38.5 Å². The molecule has 0 bridgehead atoms. The highest BCUT2D eigenvalue weighted by Crippen LogP contribution is 2.26. The van der Waals surface area contributed by atoms with Crippen LogP contribution < -0.4 is 5.32 Å². The summed E-state index contributed by atoms with van der Waals surface area (Å²) >= 11 is 0. The fraction of sp³-hybridized carbons (Fsp3) is 0.848. The first-order valence-corrected chi connectivity index (χ1v) is 24.8. The van der Waals surface area contributed by atoms with E-state index in [4.69, 9.17) is 14.0 Å². The van der Waals surface area contributed by atoms with Crippen molar-refractivity contribution in [2.24, 2.45) is 0 Å². The van der Waals surface area contributed by atoms with Crippen LogP contribution in [0.1, 0.15) is 187 Å². The van der Waals surface area contributed by atoms with E-state index in [0.717, 1.165) is 44.9 Å². The normalized spacial score (nSPS) is 21.6. The highest BCUT2D eigenvalue weighted by Gasteiger charge is 2.48. The van der Waals surface area contributed by atoms with Crippen LogP contribution in [0.25, 0.3) is 0 Å². The standard InChI is InChI=1S/C46H85NO12S/c1-3-5-7-9-11-13-15-17-18-19-20-21-22-23-25-27-29-31-33-35-40(50)45(53)47-38(39(49)34-32-30-28-26-24-16-14-12-10-8-6-4-2)37-57-46-43(52)44(59-60(54,55)56)42(51)41(36-48)58-46/h10,12,24,26,32,34,38-44,46,48-52H,3-9,11,13-23,25,27-31,33,35-37H2,1-2H3,(H,47,53)(H,54,55,56)/b12-10+,26-24+,34-32+. The average Bonchev–Trinajstić information content (AvgIpc) is 3.22. The minimum atomic E-state index is -5.12. The molecule has 1 fully saturated rings. The first-order valence-electron chi connectivity index (χ1n) is 23.5. The number of aliphatic hydroxyl groups excluding tert-OH is 5. The van der Waals surface area contributed by atoms with E-state index in [1.165, 1.54) is 115 Å². The smallest absolute Gasteiger partial charge is 0.394 e.